The monoisotopic (exact) mass is 521 g/mol. The summed E-state index contributed by atoms with van der Waals surface area (Å²) in [5.74, 6) is -1.93. The van der Waals surface area contributed by atoms with Crippen LogP contribution in [-0.4, -0.2) is 70.8 Å². The van der Waals surface area contributed by atoms with Crippen LogP contribution < -0.4 is 15.5 Å². The highest BCUT2D eigenvalue weighted by atomic mass is 19.4. The van der Waals surface area contributed by atoms with E-state index in [0.717, 1.165) is 6.07 Å². The molecular formula is C23H23F4N7O3. The molecule has 2 N–H and O–H groups in total. The Morgan fingerprint density at radius 1 is 1.11 bits per heavy atom. The minimum atomic E-state index is -4.39. The predicted molar refractivity (Wildman–Crippen MR) is 124 cm³/mol. The van der Waals surface area contributed by atoms with Crippen LogP contribution in [0.1, 0.15) is 33.0 Å². The molecule has 1 aromatic carbocycles. The fourth-order valence-corrected chi connectivity index (χ4v) is 3.63. The van der Waals surface area contributed by atoms with Crippen molar-refractivity contribution in [2.75, 3.05) is 43.1 Å². The third-order valence-electron chi connectivity index (χ3n) is 5.51. The van der Waals surface area contributed by atoms with Gasteiger partial charge in [0.2, 0.25) is 0 Å². The highest BCUT2D eigenvalue weighted by Gasteiger charge is 2.27. The maximum absolute atomic E-state index is 14.3. The van der Waals surface area contributed by atoms with Gasteiger partial charge in [-0.25, -0.2) is 9.07 Å². The van der Waals surface area contributed by atoms with Crippen molar-refractivity contribution in [3.63, 3.8) is 0 Å². The first-order chi connectivity index (χ1) is 17.6. The van der Waals surface area contributed by atoms with Crippen LogP contribution in [0.2, 0.25) is 0 Å². The molecule has 10 nitrogen and oxygen atoms in total. The molecule has 3 heterocycles. The minimum Gasteiger partial charge on any atom is -0.378 e. The molecule has 14 heteroatoms. The van der Waals surface area contributed by atoms with Gasteiger partial charge in [0.25, 0.3) is 11.8 Å². The van der Waals surface area contributed by atoms with Crippen LogP contribution in [0.15, 0.2) is 36.7 Å². The zero-order valence-corrected chi connectivity index (χ0v) is 19.7. The van der Waals surface area contributed by atoms with Gasteiger partial charge >= 0.3 is 6.18 Å². The number of carbonyl (C=O) groups is 2. The Bertz CT molecular complexity index is 1290. The molecule has 0 aliphatic carbocycles. The number of hydrogen-bond acceptors (Lipinski definition) is 7. The zero-order valence-electron chi connectivity index (χ0n) is 19.7. The van der Waals surface area contributed by atoms with Gasteiger partial charge in [-0.2, -0.15) is 13.2 Å². The number of halogens is 4. The second-order valence-electron chi connectivity index (χ2n) is 8.25. The van der Waals surface area contributed by atoms with Crippen molar-refractivity contribution in [3.05, 3.63) is 59.4 Å². The van der Waals surface area contributed by atoms with E-state index >= 15 is 0 Å². The van der Waals surface area contributed by atoms with Crippen LogP contribution in [0.25, 0.3) is 5.69 Å². The standard InChI is InChI=1S/C23H23F4N7O3/c1-14-20(34-13-19(31-32-34)22(36)28-3-2-23(25,26)27)11-17(12-29-14)30-21(35)15-8-16(24)10-18(9-15)33-4-6-37-7-5-33/h8-13H,2-7H2,1H3,(H,28,36)(H,30,35). The Morgan fingerprint density at radius 3 is 2.59 bits per heavy atom. The van der Waals surface area contributed by atoms with Gasteiger partial charge in [-0.3, -0.25) is 14.6 Å². The molecule has 0 radical (unpaired) electrons. The number of rotatable bonds is 7. The number of aromatic nitrogens is 4. The predicted octanol–water partition coefficient (Wildman–Crippen LogP) is 2.88. The van der Waals surface area contributed by atoms with Crippen LogP contribution in [0.4, 0.5) is 28.9 Å². The van der Waals surface area contributed by atoms with E-state index in [4.69, 9.17) is 4.74 Å². The van der Waals surface area contributed by atoms with Crippen molar-refractivity contribution in [2.24, 2.45) is 0 Å². The molecule has 2 amide bonds. The summed E-state index contributed by atoms with van der Waals surface area (Å²) >= 11 is 0. The number of anilines is 2. The lowest BCUT2D eigenvalue weighted by atomic mass is 10.1. The summed E-state index contributed by atoms with van der Waals surface area (Å²) in [5, 5.41) is 12.3. The van der Waals surface area contributed by atoms with Crippen LogP contribution in [0, 0.1) is 12.7 Å². The molecule has 3 aromatic rings. The largest absolute Gasteiger partial charge is 0.390 e. The van der Waals surface area contributed by atoms with E-state index < -0.39 is 36.8 Å². The molecule has 0 spiro atoms. The number of alkyl halides is 3. The van der Waals surface area contributed by atoms with Crippen molar-refractivity contribution in [1.29, 1.82) is 0 Å². The number of carbonyl (C=O) groups excluding carboxylic acids is 2. The Labute approximate surface area is 208 Å². The molecule has 1 aliphatic rings. The third kappa shape index (κ3) is 6.78. The average Bonchev–Trinajstić information content (AvgIpc) is 3.35. The summed E-state index contributed by atoms with van der Waals surface area (Å²) < 4.78 is 57.7. The summed E-state index contributed by atoms with van der Waals surface area (Å²) in [5.41, 5.74) is 1.61. The van der Waals surface area contributed by atoms with E-state index in [0.29, 0.717) is 43.4 Å². The number of ether oxygens (including phenoxy) is 1. The first-order valence-corrected chi connectivity index (χ1v) is 11.3. The smallest absolute Gasteiger partial charge is 0.378 e. The molecule has 2 aromatic heterocycles. The van der Waals surface area contributed by atoms with E-state index in [1.165, 1.54) is 29.2 Å². The first-order valence-electron chi connectivity index (χ1n) is 11.3. The highest BCUT2D eigenvalue weighted by Crippen LogP contribution is 2.22. The number of nitrogens with one attached hydrogen (secondary N) is 2. The average molecular weight is 521 g/mol. The van der Waals surface area contributed by atoms with E-state index in [2.05, 4.69) is 25.9 Å². The van der Waals surface area contributed by atoms with Crippen molar-refractivity contribution in [1.82, 2.24) is 25.3 Å². The fraction of sp³-hybridized carbons (Fsp3) is 0.348. The number of morpholine rings is 1. The third-order valence-corrected chi connectivity index (χ3v) is 5.51. The lowest BCUT2D eigenvalue weighted by molar-refractivity contribution is -0.133. The molecule has 37 heavy (non-hydrogen) atoms. The van der Waals surface area contributed by atoms with Gasteiger partial charge < -0.3 is 20.3 Å². The van der Waals surface area contributed by atoms with Crippen LogP contribution in [-0.2, 0) is 4.74 Å². The van der Waals surface area contributed by atoms with Crippen molar-refractivity contribution < 1.29 is 31.9 Å². The molecule has 196 valence electrons. The van der Waals surface area contributed by atoms with Gasteiger partial charge in [-0.05, 0) is 31.2 Å². The number of nitrogens with zero attached hydrogens (tertiary/aromatic N) is 5. The van der Waals surface area contributed by atoms with Gasteiger partial charge in [-0.15, -0.1) is 5.10 Å². The van der Waals surface area contributed by atoms with Crippen molar-refractivity contribution >= 4 is 23.2 Å². The summed E-state index contributed by atoms with van der Waals surface area (Å²) in [6.07, 6.45) is -2.93. The molecule has 0 atom stereocenters. The lowest BCUT2D eigenvalue weighted by Gasteiger charge is -2.29. The quantitative estimate of drug-likeness (QED) is 0.460. The molecular weight excluding hydrogens is 498 g/mol. The van der Waals surface area contributed by atoms with Gasteiger partial charge in [0.05, 0.1) is 49.1 Å². The Hall–Kier alpha value is -4.07. The summed E-state index contributed by atoms with van der Waals surface area (Å²) in [7, 11) is 0. The van der Waals surface area contributed by atoms with E-state index in [1.807, 2.05) is 4.90 Å². The molecule has 0 bridgehead atoms. The second kappa shape index (κ2) is 10.9. The first kappa shape index (κ1) is 26.0. The number of benzene rings is 1. The number of amides is 2. The summed E-state index contributed by atoms with van der Waals surface area (Å²) in [6.45, 7) is 3.24. The van der Waals surface area contributed by atoms with Gasteiger partial charge in [0.15, 0.2) is 5.69 Å². The van der Waals surface area contributed by atoms with Crippen LogP contribution in [0.3, 0.4) is 0 Å². The maximum Gasteiger partial charge on any atom is 0.390 e. The molecule has 4 rings (SSSR count). The topological polar surface area (TPSA) is 114 Å². The molecule has 0 unspecified atom stereocenters. The maximum atomic E-state index is 14.3. The Balaban J connectivity index is 1.47. The Kier molecular flexibility index (Phi) is 7.66. The van der Waals surface area contributed by atoms with Crippen LogP contribution >= 0.6 is 0 Å². The second-order valence-corrected chi connectivity index (χ2v) is 8.25. The fourth-order valence-electron chi connectivity index (χ4n) is 3.63. The molecule has 1 saturated heterocycles. The number of pyridine rings is 1. The lowest BCUT2D eigenvalue weighted by Crippen LogP contribution is -2.36. The van der Waals surface area contributed by atoms with Crippen molar-refractivity contribution in [2.45, 2.75) is 19.5 Å². The molecule has 0 saturated carbocycles. The normalized spacial score (nSPS) is 13.9. The van der Waals surface area contributed by atoms with Gasteiger partial charge in [0.1, 0.15) is 5.82 Å². The van der Waals surface area contributed by atoms with Gasteiger partial charge in [-0.1, -0.05) is 5.21 Å². The zero-order chi connectivity index (χ0) is 26.6. The number of hydrogen-bond donors (Lipinski definition) is 2. The van der Waals surface area contributed by atoms with E-state index in [1.54, 1.807) is 13.0 Å². The summed E-state index contributed by atoms with van der Waals surface area (Å²) in [4.78, 5) is 31.1. The van der Waals surface area contributed by atoms with E-state index in [-0.39, 0.29) is 16.9 Å². The molecule has 1 aliphatic heterocycles. The minimum absolute atomic E-state index is 0.113. The molecule has 1 fully saturated rings. The highest BCUT2D eigenvalue weighted by molar-refractivity contribution is 6.05. The summed E-state index contributed by atoms with van der Waals surface area (Å²) in [6, 6.07) is 5.61. The number of aryl methyl sites for hydroxylation is 1. The van der Waals surface area contributed by atoms with Crippen molar-refractivity contribution in [3.8, 4) is 5.69 Å². The SMILES string of the molecule is Cc1ncc(NC(=O)c2cc(F)cc(N3CCOCC3)c2)cc1-n1cc(C(=O)NCCC(F)(F)F)nn1. The van der Waals surface area contributed by atoms with Crippen LogP contribution in [0.5, 0.6) is 0 Å². The van der Waals surface area contributed by atoms with Gasteiger partial charge in [0, 0.05) is 30.9 Å². The Morgan fingerprint density at radius 2 is 1.86 bits per heavy atom. The van der Waals surface area contributed by atoms with E-state index in [9.17, 15) is 27.2 Å².